The summed E-state index contributed by atoms with van der Waals surface area (Å²) in [7, 11) is -3.99. The van der Waals surface area contributed by atoms with E-state index < -0.39 is 14.9 Å². The average molecular weight is 476 g/mol. The molecular weight excluding hydrogens is 462 g/mol. The van der Waals surface area contributed by atoms with E-state index in [-0.39, 0.29) is 44.0 Å². The van der Waals surface area contributed by atoms with Crippen molar-refractivity contribution < 1.29 is 23.9 Å². The number of hydrogen-bond acceptors (Lipinski definition) is 9. The van der Waals surface area contributed by atoms with Crippen LogP contribution in [-0.2, 0) is 10.0 Å². The lowest BCUT2D eigenvalue weighted by Crippen LogP contribution is -1.94. The third kappa shape index (κ3) is 5.43. The third-order valence-corrected chi connectivity index (χ3v) is 5.23. The molecule has 13 heteroatoms. The van der Waals surface area contributed by atoms with E-state index in [0.717, 1.165) is 24.3 Å². The number of nitro groups is 1. The van der Waals surface area contributed by atoms with Crippen LogP contribution >= 0.6 is 11.6 Å². The van der Waals surface area contributed by atoms with Crippen molar-refractivity contribution in [2.45, 2.75) is 4.90 Å². The van der Waals surface area contributed by atoms with Crippen molar-refractivity contribution in [1.29, 1.82) is 4.78 Å². The van der Waals surface area contributed by atoms with Gasteiger partial charge in [-0.15, -0.1) is 5.11 Å². The van der Waals surface area contributed by atoms with Gasteiger partial charge >= 0.3 is 0 Å². The monoisotopic (exact) mass is 475 g/mol. The van der Waals surface area contributed by atoms with Gasteiger partial charge in [-0.25, -0.2) is 8.99 Å². The van der Waals surface area contributed by atoms with Crippen molar-refractivity contribution in [3.8, 4) is 11.5 Å². The van der Waals surface area contributed by atoms with Crippen LogP contribution in [0.1, 0.15) is 5.56 Å². The van der Waals surface area contributed by atoms with Crippen LogP contribution in [0.25, 0.3) is 0 Å². The Morgan fingerprint density at radius 2 is 1.72 bits per heavy atom. The number of halogens is 1. The van der Waals surface area contributed by atoms with Crippen molar-refractivity contribution in [2.24, 2.45) is 15.2 Å². The van der Waals surface area contributed by atoms with Gasteiger partial charge in [0.15, 0.2) is 10.0 Å². The minimum Gasteiger partial charge on any atom is -0.507 e. The van der Waals surface area contributed by atoms with Crippen LogP contribution in [0.15, 0.2) is 74.7 Å². The van der Waals surface area contributed by atoms with E-state index in [1.807, 2.05) is 0 Å². The zero-order valence-corrected chi connectivity index (χ0v) is 17.5. The van der Waals surface area contributed by atoms with Crippen molar-refractivity contribution >= 4 is 50.6 Å². The Kier molecular flexibility index (Phi) is 6.48. The zero-order chi connectivity index (χ0) is 23.5. The third-order valence-electron chi connectivity index (χ3n) is 4.04. The number of nitro benzene ring substituents is 1. The van der Waals surface area contributed by atoms with E-state index in [2.05, 4.69) is 15.2 Å². The molecule has 0 fully saturated rings. The number of phenolic OH excluding ortho intramolecular Hbond substituents is 2. The fraction of sp³-hybridized carbons (Fsp3) is 0. The Morgan fingerprint density at radius 3 is 2.38 bits per heavy atom. The summed E-state index contributed by atoms with van der Waals surface area (Å²) < 4.78 is 28.0. The molecule has 3 aromatic rings. The molecule has 32 heavy (non-hydrogen) atoms. The Hall–Kier alpha value is -3.87. The number of aromatic hydroxyl groups is 2. The summed E-state index contributed by atoms with van der Waals surface area (Å²) in [5, 5.41) is 38.7. The van der Waals surface area contributed by atoms with Crippen molar-refractivity contribution in [1.82, 2.24) is 0 Å². The highest BCUT2D eigenvalue weighted by molar-refractivity contribution is 7.86. The molecule has 4 N–H and O–H groups in total. The first kappa shape index (κ1) is 22.8. The molecule has 0 aliphatic heterocycles. The van der Waals surface area contributed by atoms with Gasteiger partial charge in [0.2, 0.25) is 0 Å². The van der Waals surface area contributed by atoms with E-state index in [4.69, 9.17) is 16.4 Å². The number of aliphatic imine (C=N–C) groups is 1. The highest BCUT2D eigenvalue weighted by Gasteiger charge is 2.10. The number of non-ortho nitro benzene ring substituents is 1. The summed E-state index contributed by atoms with van der Waals surface area (Å²) in [4.78, 5) is 13.9. The summed E-state index contributed by atoms with van der Waals surface area (Å²) in [6, 6.07) is 11.3. The SMILES string of the molecule is N=S(=O)(O)c1ccc(O)c(N=Cc2cc(N=Nc3ccc([N+](=O)[O-])cc3Cl)ccc2O)c1. The van der Waals surface area contributed by atoms with Crippen molar-refractivity contribution in [3.63, 3.8) is 0 Å². The lowest BCUT2D eigenvalue weighted by molar-refractivity contribution is -0.384. The first-order valence-corrected chi connectivity index (χ1v) is 10.5. The summed E-state index contributed by atoms with van der Waals surface area (Å²) in [5.41, 5.74) is 0.413. The first-order valence-electron chi connectivity index (χ1n) is 8.61. The number of phenols is 2. The van der Waals surface area contributed by atoms with E-state index >= 15 is 0 Å². The average Bonchev–Trinajstić information content (AvgIpc) is 2.72. The fourth-order valence-electron chi connectivity index (χ4n) is 2.43. The Morgan fingerprint density at radius 1 is 1.00 bits per heavy atom. The molecule has 0 aliphatic carbocycles. The minimum atomic E-state index is -3.99. The number of azo groups is 1. The zero-order valence-electron chi connectivity index (χ0n) is 15.9. The molecule has 0 aromatic heterocycles. The predicted octanol–water partition coefficient (Wildman–Crippen LogP) is 5.70. The molecule has 0 saturated heterocycles. The van der Waals surface area contributed by atoms with Gasteiger partial charge < -0.3 is 10.2 Å². The van der Waals surface area contributed by atoms with Gasteiger partial charge in [0.05, 0.1) is 20.5 Å². The normalized spacial score (nSPS) is 13.4. The lowest BCUT2D eigenvalue weighted by Gasteiger charge is -2.04. The van der Waals surface area contributed by atoms with E-state index in [1.54, 1.807) is 0 Å². The number of rotatable bonds is 6. The molecule has 3 aromatic carbocycles. The van der Waals surface area contributed by atoms with Crippen LogP contribution in [0.3, 0.4) is 0 Å². The molecule has 164 valence electrons. The van der Waals surface area contributed by atoms with Gasteiger partial charge in [-0.05, 0) is 42.5 Å². The quantitative estimate of drug-likeness (QED) is 0.153. The number of nitrogens with zero attached hydrogens (tertiary/aromatic N) is 4. The molecule has 11 nitrogen and oxygen atoms in total. The molecule has 0 bridgehead atoms. The second-order valence-electron chi connectivity index (χ2n) is 6.27. The van der Waals surface area contributed by atoms with Gasteiger partial charge in [0.25, 0.3) is 5.69 Å². The number of hydrogen-bond donors (Lipinski definition) is 4. The van der Waals surface area contributed by atoms with Gasteiger partial charge in [-0.2, -0.15) is 5.11 Å². The van der Waals surface area contributed by atoms with Crippen molar-refractivity contribution in [2.75, 3.05) is 0 Å². The van der Waals surface area contributed by atoms with Crippen LogP contribution in [-0.4, -0.2) is 30.1 Å². The van der Waals surface area contributed by atoms with E-state index in [0.29, 0.717) is 5.69 Å². The van der Waals surface area contributed by atoms with Gasteiger partial charge in [-0.1, -0.05) is 11.6 Å². The second kappa shape index (κ2) is 9.09. The van der Waals surface area contributed by atoms with Crippen molar-refractivity contribution in [3.05, 3.63) is 75.3 Å². The molecule has 0 spiro atoms. The van der Waals surface area contributed by atoms with Crippen LogP contribution in [0.4, 0.5) is 22.7 Å². The Bertz CT molecular complexity index is 1370. The van der Waals surface area contributed by atoms with Gasteiger partial charge in [0, 0.05) is 23.9 Å². The van der Waals surface area contributed by atoms with E-state index in [9.17, 15) is 29.1 Å². The summed E-state index contributed by atoms with van der Waals surface area (Å²) in [5.74, 6) is -0.458. The van der Waals surface area contributed by atoms with Crippen LogP contribution in [0, 0.1) is 14.9 Å². The molecule has 1 atom stereocenters. The molecule has 1 unspecified atom stereocenters. The summed E-state index contributed by atoms with van der Waals surface area (Å²) in [6.45, 7) is 0. The maximum Gasteiger partial charge on any atom is 0.271 e. The first-order chi connectivity index (χ1) is 15.0. The van der Waals surface area contributed by atoms with E-state index in [1.165, 1.54) is 36.5 Å². The summed E-state index contributed by atoms with van der Waals surface area (Å²) >= 11 is 5.98. The lowest BCUT2D eigenvalue weighted by atomic mass is 10.2. The topological polar surface area (TPSA) is 182 Å². The number of benzene rings is 3. The van der Waals surface area contributed by atoms with Crippen LogP contribution in [0.2, 0.25) is 5.02 Å². The fourth-order valence-corrected chi connectivity index (χ4v) is 3.16. The predicted molar refractivity (Wildman–Crippen MR) is 118 cm³/mol. The van der Waals surface area contributed by atoms with Gasteiger partial charge in [-0.3, -0.25) is 19.7 Å². The largest absolute Gasteiger partial charge is 0.507 e. The maximum absolute atomic E-state index is 11.5. The number of nitrogens with one attached hydrogen (secondary N) is 1. The molecule has 3 rings (SSSR count). The van der Waals surface area contributed by atoms with Gasteiger partial charge in [0.1, 0.15) is 22.9 Å². The maximum atomic E-state index is 11.5. The molecule has 0 saturated carbocycles. The molecule has 0 amide bonds. The highest BCUT2D eigenvalue weighted by atomic mass is 35.5. The Labute approximate surface area is 186 Å². The molecule has 0 aliphatic rings. The second-order valence-corrected chi connectivity index (χ2v) is 8.20. The smallest absolute Gasteiger partial charge is 0.271 e. The van der Waals surface area contributed by atoms with Crippen LogP contribution in [0.5, 0.6) is 11.5 Å². The molecule has 0 heterocycles. The standard InChI is InChI=1S/C19H14ClN5O6S/c20-15-8-13(25(28)29)2-4-16(15)24-23-12-1-5-18(26)11(7-12)10-22-17-9-14(32(21,30)31)3-6-19(17)27/h1-10,26-27H,(H2,21,30,31). The molecule has 0 radical (unpaired) electrons. The minimum absolute atomic E-state index is 0.0359. The molecular formula is C19H14ClN5O6S. The summed E-state index contributed by atoms with van der Waals surface area (Å²) in [6.07, 6.45) is 1.19. The highest BCUT2D eigenvalue weighted by Crippen LogP contribution is 2.32. The Balaban J connectivity index is 1.89. The van der Waals surface area contributed by atoms with Crippen LogP contribution < -0.4 is 0 Å².